The lowest BCUT2D eigenvalue weighted by atomic mass is 10.0. The summed E-state index contributed by atoms with van der Waals surface area (Å²) in [6, 6.07) is 4.56. The molecule has 0 radical (unpaired) electrons. The highest BCUT2D eigenvalue weighted by atomic mass is 35.5. The lowest BCUT2D eigenvalue weighted by Crippen LogP contribution is -2.11. The van der Waals surface area contributed by atoms with Crippen LogP contribution in [-0.2, 0) is 0 Å². The first-order valence-electron chi connectivity index (χ1n) is 5.53. The number of hydrogen-bond donors (Lipinski definition) is 1. The van der Waals surface area contributed by atoms with Crippen LogP contribution in [0.25, 0.3) is 0 Å². The highest BCUT2D eigenvalue weighted by Crippen LogP contribution is 2.32. The molecule has 2 aromatic rings. The second-order valence-corrected chi connectivity index (χ2v) is 4.97. The van der Waals surface area contributed by atoms with Crippen molar-refractivity contribution in [1.82, 2.24) is 0 Å². The molecule has 0 unspecified atom stereocenters. The van der Waals surface area contributed by atoms with E-state index in [1.54, 1.807) is 24.3 Å². The van der Waals surface area contributed by atoms with E-state index in [2.05, 4.69) is 0 Å². The third-order valence-corrected chi connectivity index (χ3v) is 3.55. The van der Waals surface area contributed by atoms with Crippen LogP contribution in [0.5, 0.6) is 5.75 Å². The van der Waals surface area contributed by atoms with E-state index < -0.39 is 5.82 Å². The van der Waals surface area contributed by atoms with Gasteiger partial charge in [-0.3, -0.25) is 0 Å². The first kappa shape index (κ1) is 16.2. The summed E-state index contributed by atoms with van der Waals surface area (Å²) >= 11 is 7.55. The molecule has 19 heavy (non-hydrogen) atoms. The van der Waals surface area contributed by atoms with E-state index in [0.29, 0.717) is 12.2 Å². The minimum absolute atomic E-state index is 0. The summed E-state index contributed by atoms with van der Waals surface area (Å²) in [4.78, 5) is 0. The van der Waals surface area contributed by atoms with Crippen LogP contribution < -0.4 is 10.5 Å². The predicted molar refractivity (Wildman–Crippen MR) is 80.2 cm³/mol. The van der Waals surface area contributed by atoms with Gasteiger partial charge in [0.1, 0.15) is 0 Å². The molecule has 0 aliphatic carbocycles. The molecule has 6 heteroatoms. The molecule has 0 fully saturated rings. The summed E-state index contributed by atoms with van der Waals surface area (Å²) in [7, 11) is 0. The zero-order valence-electron chi connectivity index (χ0n) is 10.2. The molecule has 1 atom stereocenters. The Balaban J connectivity index is 0.00000180. The summed E-state index contributed by atoms with van der Waals surface area (Å²) in [6.07, 6.45) is 0. The predicted octanol–water partition coefficient (Wildman–Crippen LogP) is 4.41. The lowest BCUT2D eigenvalue weighted by molar-refractivity contribution is 0.321. The molecule has 104 valence electrons. The Labute approximate surface area is 126 Å². The number of rotatable bonds is 4. The summed E-state index contributed by atoms with van der Waals surface area (Å²) in [5.74, 6) is -0.398. The van der Waals surface area contributed by atoms with Crippen LogP contribution in [0, 0.1) is 5.82 Å². The van der Waals surface area contributed by atoms with E-state index in [9.17, 15) is 4.39 Å². The Bertz CT molecular complexity index is 510. The topological polar surface area (TPSA) is 35.2 Å². The van der Waals surface area contributed by atoms with Crippen molar-refractivity contribution in [1.29, 1.82) is 0 Å². The zero-order valence-corrected chi connectivity index (χ0v) is 12.6. The summed E-state index contributed by atoms with van der Waals surface area (Å²) < 4.78 is 19.0. The monoisotopic (exact) mass is 321 g/mol. The van der Waals surface area contributed by atoms with E-state index in [4.69, 9.17) is 22.1 Å². The van der Waals surface area contributed by atoms with Gasteiger partial charge in [-0.15, -0.1) is 12.4 Å². The maximum atomic E-state index is 13.8. The van der Waals surface area contributed by atoms with Gasteiger partial charge >= 0.3 is 0 Å². The summed E-state index contributed by atoms with van der Waals surface area (Å²) in [6.45, 7) is 2.15. The molecule has 1 aromatic heterocycles. The molecule has 0 aliphatic rings. The number of ether oxygens (including phenoxy) is 1. The molecule has 0 saturated carbocycles. The van der Waals surface area contributed by atoms with Gasteiger partial charge in [0.05, 0.1) is 17.7 Å². The van der Waals surface area contributed by atoms with Crippen LogP contribution >= 0.6 is 35.3 Å². The molecule has 0 aliphatic heterocycles. The van der Waals surface area contributed by atoms with Gasteiger partial charge in [-0.25, -0.2) is 4.39 Å². The minimum Gasteiger partial charge on any atom is -0.489 e. The second kappa shape index (κ2) is 7.10. The molecule has 2 nitrogen and oxygen atoms in total. The van der Waals surface area contributed by atoms with Gasteiger partial charge in [-0.05, 0) is 47.0 Å². The normalized spacial score (nSPS) is 11.8. The number of thiophene rings is 1. The van der Waals surface area contributed by atoms with Crippen molar-refractivity contribution in [2.24, 2.45) is 5.73 Å². The molecular weight excluding hydrogens is 308 g/mol. The van der Waals surface area contributed by atoms with Crippen molar-refractivity contribution in [2.75, 3.05) is 6.61 Å². The van der Waals surface area contributed by atoms with Crippen molar-refractivity contribution in [3.05, 3.63) is 50.9 Å². The van der Waals surface area contributed by atoms with Gasteiger partial charge in [-0.1, -0.05) is 11.6 Å². The van der Waals surface area contributed by atoms with Gasteiger partial charge < -0.3 is 10.5 Å². The molecule has 1 heterocycles. The third kappa shape index (κ3) is 3.60. The maximum absolute atomic E-state index is 13.8. The minimum atomic E-state index is -0.481. The van der Waals surface area contributed by atoms with Crippen LogP contribution in [0.2, 0.25) is 5.02 Å². The van der Waals surface area contributed by atoms with Crippen molar-refractivity contribution < 1.29 is 9.13 Å². The quantitative estimate of drug-likeness (QED) is 0.905. The first-order chi connectivity index (χ1) is 8.63. The van der Waals surface area contributed by atoms with Crippen molar-refractivity contribution in [3.8, 4) is 5.75 Å². The molecule has 0 amide bonds. The van der Waals surface area contributed by atoms with Gasteiger partial charge in [0.15, 0.2) is 11.6 Å². The fourth-order valence-corrected chi connectivity index (χ4v) is 2.65. The van der Waals surface area contributed by atoms with Gasteiger partial charge in [0.25, 0.3) is 0 Å². The van der Waals surface area contributed by atoms with E-state index in [1.165, 1.54) is 6.07 Å². The van der Waals surface area contributed by atoms with Crippen LogP contribution in [0.3, 0.4) is 0 Å². The highest BCUT2D eigenvalue weighted by molar-refractivity contribution is 7.08. The fraction of sp³-hybridized carbons (Fsp3) is 0.231. The van der Waals surface area contributed by atoms with Gasteiger partial charge in [-0.2, -0.15) is 11.3 Å². The van der Waals surface area contributed by atoms with Crippen LogP contribution in [0.1, 0.15) is 24.1 Å². The van der Waals surface area contributed by atoms with E-state index in [0.717, 1.165) is 5.56 Å². The van der Waals surface area contributed by atoms with E-state index in [1.807, 2.05) is 16.8 Å². The molecule has 0 saturated heterocycles. The maximum Gasteiger partial charge on any atom is 0.173 e. The number of halogens is 3. The van der Waals surface area contributed by atoms with Crippen molar-refractivity contribution in [3.63, 3.8) is 0 Å². The van der Waals surface area contributed by atoms with Crippen molar-refractivity contribution in [2.45, 2.75) is 13.0 Å². The number of hydrogen-bond acceptors (Lipinski definition) is 3. The Hall–Kier alpha value is -0.810. The molecule has 2 rings (SSSR count). The highest BCUT2D eigenvalue weighted by Gasteiger charge is 2.16. The first-order valence-corrected chi connectivity index (χ1v) is 6.85. The van der Waals surface area contributed by atoms with E-state index in [-0.39, 0.29) is 29.2 Å². The molecule has 0 spiro atoms. The Kier molecular flexibility index (Phi) is 6.07. The Morgan fingerprint density at radius 2 is 2.16 bits per heavy atom. The number of benzene rings is 1. The lowest BCUT2D eigenvalue weighted by Gasteiger charge is -2.14. The smallest absolute Gasteiger partial charge is 0.173 e. The van der Waals surface area contributed by atoms with Crippen LogP contribution in [0.4, 0.5) is 4.39 Å². The largest absolute Gasteiger partial charge is 0.489 e. The average molecular weight is 322 g/mol. The molecule has 1 aromatic carbocycles. The number of nitrogens with two attached hydrogens (primary N) is 1. The van der Waals surface area contributed by atoms with Crippen molar-refractivity contribution >= 4 is 35.3 Å². The fourth-order valence-electron chi connectivity index (χ4n) is 1.69. The Morgan fingerprint density at radius 1 is 1.42 bits per heavy atom. The van der Waals surface area contributed by atoms with Crippen LogP contribution in [-0.4, -0.2) is 6.61 Å². The summed E-state index contributed by atoms with van der Waals surface area (Å²) in [5, 5.41) is 4.12. The van der Waals surface area contributed by atoms with Gasteiger partial charge in [0.2, 0.25) is 0 Å². The second-order valence-electron chi connectivity index (χ2n) is 3.78. The molecule has 2 N–H and O–H groups in total. The Morgan fingerprint density at radius 3 is 2.68 bits per heavy atom. The third-order valence-electron chi connectivity index (χ3n) is 2.57. The summed E-state index contributed by atoms with van der Waals surface area (Å²) in [5.41, 5.74) is 7.65. The SMILES string of the molecule is CCOc1c(F)cc([C@H](N)c2ccsc2)cc1Cl.Cl. The molecular formula is C13H14Cl2FNOS. The zero-order chi connectivity index (χ0) is 13.1. The van der Waals surface area contributed by atoms with E-state index >= 15 is 0 Å². The van der Waals surface area contributed by atoms with Crippen LogP contribution in [0.15, 0.2) is 29.0 Å². The average Bonchev–Trinajstić information content (AvgIpc) is 2.86. The molecule has 0 bridgehead atoms. The standard InChI is InChI=1S/C13H13ClFNOS.ClH/c1-2-17-13-10(14)5-9(6-11(13)15)12(16)8-3-4-18-7-8;/h3-7,12H,2,16H2,1H3;1H/t12-;/m1./s1. The van der Waals surface area contributed by atoms with Gasteiger partial charge in [0, 0.05) is 0 Å².